The van der Waals surface area contributed by atoms with E-state index < -0.39 is 16.1 Å². The Labute approximate surface area is 159 Å². The van der Waals surface area contributed by atoms with E-state index >= 15 is 0 Å². The van der Waals surface area contributed by atoms with Gasteiger partial charge >= 0.3 is 0 Å². The quantitative estimate of drug-likeness (QED) is 0.758. The van der Waals surface area contributed by atoms with Gasteiger partial charge in [-0.2, -0.15) is 9.52 Å². The maximum atomic E-state index is 12.3. The van der Waals surface area contributed by atoms with E-state index in [1.165, 1.54) is 4.41 Å². The number of benzene rings is 2. The minimum absolute atomic E-state index is 0.408. The van der Waals surface area contributed by atoms with Crippen LogP contribution >= 0.6 is 0 Å². The van der Waals surface area contributed by atoms with Crippen LogP contribution in [0.4, 0.5) is 0 Å². The molecule has 0 N–H and O–H groups in total. The predicted molar refractivity (Wildman–Crippen MR) is 103 cm³/mol. The fourth-order valence-corrected chi connectivity index (χ4v) is 3.96. The van der Waals surface area contributed by atoms with Gasteiger partial charge in [-0.3, -0.25) is 0 Å². The second kappa shape index (κ2) is 7.48. The molecule has 0 fully saturated rings. The Bertz CT molecular complexity index is 955. The van der Waals surface area contributed by atoms with Crippen LogP contribution in [0.15, 0.2) is 47.6 Å². The topological polar surface area (TPSA) is 77.4 Å². The highest BCUT2D eigenvalue weighted by molar-refractivity contribution is 7.88. The lowest BCUT2D eigenvalue weighted by Crippen LogP contribution is -2.25. The summed E-state index contributed by atoms with van der Waals surface area (Å²) < 4.78 is 41.5. The molecule has 1 aliphatic rings. The number of hydrogen-bond donors (Lipinski definition) is 0. The SMILES string of the molecule is COc1ccc([C@@H]2CC(c3ccc(OC)c(OC)c3)=NN2S(C)(=O)=O)cc1. The van der Waals surface area contributed by atoms with Gasteiger partial charge in [-0.25, -0.2) is 8.42 Å². The zero-order chi connectivity index (χ0) is 19.6. The molecule has 1 aliphatic heterocycles. The number of methoxy groups -OCH3 is 3. The van der Waals surface area contributed by atoms with E-state index in [-0.39, 0.29) is 0 Å². The summed E-state index contributed by atoms with van der Waals surface area (Å²) in [5.74, 6) is 1.88. The van der Waals surface area contributed by atoms with Crippen LogP contribution in [0.25, 0.3) is 0 Å². The van der Waals surface area contributed by atoms with Crippen LogP contribution in [0.1, 0.15) is 23.6 Å². The van der Waals surface area contributed by atoms with Crippen molar-refractivity contribution in [2.75, 3.05) is 27.6 Å². The molecule has 0 unspecified atom stereocenters. The van der Waals surface area contributed by atoms with E-state index in [0.29, 0.717) is 29.4 Å². The molecule has 8 heteroatoms. The molecule has 1 atom stereocenters. The van der Waals surface area contributed by atoms with Crippen LogP contribution in [0.2, 0.25) is 0 Å². The number of rotatable bonds is 6. The molecule has 27 heavy (non-hydrogen) atoms. The summed E-state index contributed by atoms with van der Waals surface area (Å²) in [5.41, 5.74) is 2.31. The fourth-order valence-electron chi connectivity index (χ4n) is 3.06. The van der Waals surface area contributed by atoms with Crippen molar-refractivity contribution in [1.82, 2.24) is 4.41 Å². The third kappa shape index (κ3) is 3.85. The van der Waals surface area contributed by atoms with E-state index in [9.17, 15) is 8.42 Å². The summed E-state index contributed by atoms with van der Waals surface area (Å²) in [5, 5.41) is 4.40. The van der Waals surface area contributed by atoms with Gasteiger partial charge < -0.3 is 14.2 Å². The van der Waals surface area contributed by atoms with Gasteiger partial charge in [0.2, 0.25) is 10.0 Å². The molecule has 3 rings (SSSR count). The lowest BCUT2D eigenvalue weighted by molar-refractivity contribution is 0.355. The molecule has 0 saturated carbocycles. The van der Waals surface area contributed by atoms with E-state index in [0.717, 1.165) is 17.4 Å². The second-order valence-corrected chi connectivity index (χ2v) is 7.99. The fraction of sp³-hybridized carbons (Fsp3) is 0.316. The highest BCUT2D eigenvalue weighted by atomic mass is 32.2. The molecule has 0 aromatic heterocycles. The molecule has 144 valence electrons. The summed E-state index contributed by atoms with van der Waals surface area (Å²) in [6.45, 7) is 0. The first-order valence-corrected chi connectivity index (χ1v) is 10.2. The maximum Gasteiger partial charge on any atom is 0.247 e. The minimum atomic E-state index is -3.53. The number of hydrazone groups is 1. The van der Waals surface area contributed by atoms with Crippen LogP contribution < -0.4 is 14.2 Å². The Morgan fingerprint density at radius 3 is 2.19 bits per heavy atom. The molecule has 0 aliphatic carbocycles. The molecule has 0 radical (unpaired) electrons. The lowest BCUT2D eigenvalue weighted by atomic mass is 9.99. The largest absolute Gasteiger partial charge is 0.497 e. The smallest absolute Gasteiger partial charge is 0.247 e. The Morgan fingerprint density at radius 2 is 1.63 bits per heavy atom. The molecule has 2 aromatic carbocycles. The summed E-state index contributed by atoms with van der Waals surface area (Å²) in [6.07, 6.45) is 1.61. The van der Waals surface area contributed by atoms with E-state index in [4.69, 9.17) is 14.2 Å². The molecule has 0 spiro atoms. The summed E-state index contributed by atoms with van der Waals surface area (Å²) in [6, 6.07) is 12.3. The molecule has 0 bridgehead atoms. The van der Waals surface area contributed by atoms with Crippen molar-refractivity contribution in [3.05, 3.63) is 53.6 Å². The third-order valence-corrected chi connectivity index (χ3v) is 5.45. The predicted octanol–water partition coefficient (Wildman–Crippen LogP) is 2.82. The molecular weight excluding hydrogens is 368 g/mol. The van der Waals surface area contributed by atoms with E-state index in [1.807, 2.05) is 30.3 Å². The second-order valence-electron chi connectivity index (χ2n) is 6.15. The maximum absolute atomic E-state index is 12.3. The van der Waals surface area contributed by atoms with Gasteiger partial charge in [0.15, 0.2) is 11.5 Å². The summed E-state index contributed by atoms with van der Waals surface area (Å²) in [4.78, 5) is 0. The number of hydrogen-bond acceptors (Lipinski definition) is 6. The van der Waals surface area contributed by atoms with Gasteiger partial charge in [0.1, 0.15) is 5.75 Å². The van der Waals surface area contributed by atoms with Crippen molar-refractivity contribution in [1.29, 1.82) is 0 Å². The van der Waals surface area contributed by atoms with Crippen LogP contribution in [0.3, 0.4) is 0 Å². The average molecular weight is 390 g/mol. The van der Waals surface area contributed by atoms with E-state index in [1.54, 1.807) is 33.5 Å². The zero-order valence-electron chi connectivity index (χ0n) is 15.7. The number of sulfonamides is 1. The van der Waals surface area contributed by atoms with Gasteiger partial charge in [0.05, 0.1) is 39.3 Å². The van der Waals surface area contributed by atoms with Crippen molar-refractivity contribution in [3.8, 4) is 17.2 Å². The molecule has 2 aromatic rings. The zero-order valence-corrected chi connectivity index (χ0v) is 16.5. The lowest BCUT2D eigenvalue weighted by Gasteiger charge is -2.21. The van der Waals surface area contributed by atoms with Gasteiger partial charge in [-0.15, -0.1) is 0 Å². The van der Waals surface area contributed by atoms with Crippen LogP contribution in [-0.2, 0) is 10.0 Å². The van der Waals surface area contributed by atoms with Gasteiger partial charge in [-0.1, -0.05) is 12.1 Å². The highest BCUT2D eigenvalue weighted by Crippen LogP contribution is 2.37. The molecular formula is C19H22N2O5S. The molecule has 0 saturated heterocycles. The Balaban J connectivity index is 1.98. The number of ether oxygens (including phenoxy) is 3. The summed E-state index contributed by atoms with van der Waals surface area (Å²) >= 11 is 0. The van der Waals surface area contributed by atoms with Crippen molar-refractivity contribution in [2.45, 2.75) is 12.5 Å². The first kappa shape index (κ1) is 19.0. The molecule has 7 nitrogen and oxygen atoms in total. The van der Waals surface area contributed by atoms with Crippen molar-refractivity contribution in [2.24, 2.45) is 5.10 Å². The standard InChI is InChI=1S/C19H22N2O5S/c1-24-15-8-5-13(6-9-15)17-12-16(20-21(17)27(4,22)23)14-7-10-18(25-2)19(11-14)26-3/h5-11,17H,12H2,1-4H3/t17-/m0/s1. The van der Waals surface area contributed by atoms with Crippen molar-refractivity contribution in [3.63, 3.8) is 0 Å². The number of nitrogens with zero attached hydrogens (tertiary/aromatic N) is 2. The van der Waals surface area contributed by atoms with Crippen LogP contribution in [-0.4, -0.2) is 46.1 Å². The normalized spacial score (nSPS) is 16.8. The minimum Gasteiger partial charge on any atom is -0.497 e. The van der Waals surface area contributed by atoms with Crippen LogP contribution in [0, 0.1) is 0 Å². The Morgan fingerprint density at radius 1 is 0.963 bits per heavy atom. The van der Waals surface area contributed by atoms with Gasteiger partial charge in [-0.05, 0) is 35.9 Å². The molecule has 0 amide bonds. The van der Waals surface area contributed by atoms with Crippen LogP contribution in [0.5, 0.6) is 17.2 Å². The summed E-state index contributed by atoms with van der Waals surface area (Å²) in [7, 11) is 1.18. The first-order chi connectivity index (χ1) is 12.9. The van der Waals surface area contributed by atoms with E-state index in [2.05, 4.69) is 5.10 Å². The Kier molecular flexibility index (Phi) is 5.27. The highest BCUT2D eigenvalue weighted by Gasteiger charge is 2.34. The van der Waals surface area contributed by atoms with Gasteiger partial charge in [0, 0.05) is 12.0 Å². The third-order valence-electron chi connectivity index (χ3n) is 4.43. The first-order valence-electron chi connectivity index (χ1n) is 8.30. The Hall–Kier alpha value is -2.74. The monoisotopic (exact) mass is 390 g/mol. The average Bonchev–Trinajstić information content (AvgIpc) is 3.13. The van der Waals surface area contributed by atoms with Crippen molar-refractivity contribution < 1.29 is 22.6 Å². The van der Waals surface area contributed by atoms with Gasteiger partial charge in [0.25, 0.3) is 0 Å². The molecule has 1 heterocycles. The van der Waals surface area contributed by atoms with Crippen molar-refractivity contribution >= 4 is 15.7 Å².